The highest BCUT2D eigenvalue weighted by molar-refractivity contribution is 5.57. The van der Waals surface area contributed by atoms with Crippen molar-refractivity contribution in [3.63, 3.8) is 0 Å². The van der Waals surface area contributed by atoms with E-state index in [0.717, 1.165) is 16.9 Å². The first-order chi connectivity index (χ1) is 9.09. The third kappa shape index (κ3) is 2.99. The number of nitrogens with one attached hydrogen (secondary N) is 1. The van der Waals surface area contributed by atoms with Gasteiger partial charge in [0.25, 0.3) is 0 Å². The van der Waals surface area contributed by atoms with E-state index in [9.17, 15) is 0 Å². The van der Waals surface area contributed by atoms with E-state index in [2.05, 4.69) is 41.0 Å². The lowest BCUT2D eigenvalue weighted by atomic mass is 10.0. The molecule has 0 saturated heterocycles. The minimum Gasteiger partial charge on any atom is -0.383 e. The van der Waals surface area contributed by atoms with E-state index >= 15 is 0 Å². The molecule has 2 aromatic rings. The first-order valence-electron chi connectivity index (χ1n) is 6.36. The van der Waals surface area contributed by atoms with Crippen molar-refractivity contribution < 1.29 is 0 Å². The van der Waals surface area contributed by atoms with E-state index in [-0.39, 0.29) is 12.0 Å². The van der Waals surface area contributed by atoms with Gasteiger partial charge in [0.15, 0.2) is 0 Å². The van der Waals surface area contributed by atoms with Crippen molar-refractivity contribution >= 4 is 11.6 Å². The molecule has 19 heavy (non-hydrogen) atoms. The average Bonchev–Trinajstić information content (AvgIpc) is 2.39. The molecule has 5 heteroatoms. The maximum Gasteiger partial charge on any atom is 0.135 e. The Morgan fingerprint density at radius 3 is 2.42 bits per heavy atom. The lowest BCUT2D eigenvalue weighted by Gasteiger charge is -2.19. The Balaban J connectivity index is 2.27. The van der Waals surface area contributed by atoms with Gasteiger partial charge >= 0.3 is 0 Å². The fourth-order valence-electron chi connectivity index (χ4n) is 2.03. The van der Waals surface area contributed by atoms with Crippen LogP contribution in [0, 0.1) is 0 Å². The molecule has 2 aromatic heterocycles. The average molecular weight is 257 g/mol. The van der Waals surface area contributed by atoms with Crippen LogP contribution in [0.3, 0.4) is 0 Å². The summed E-state index contributed by atoms with van der Waals surface area (Å²) >= 11 is 0. The predicted molar refractivity (Wildman–Crippen MR) is 76.8 cm³/mol. The smallest absolute Gasteiger partial charge is 0.135 e. The quantitative estimate of drug-likeness (QED) is 0.880. The van der Waals surface area contributed by atoms with Crippen molar-refractivity contribution in [1.29, 1.82) is 0 Å². The SMILES string of the molecule is CC(C)c1c(N)ncnc1NC(C)c1ccncc1. The summed E-state index contributed by atoms with van der Waals surface area (Å²) in [5.41, 5.74) is 8.05. The third-order valence-electron chi connectivity index (χ3n) is 3.05. The molecule has 1 unspecified atom stereocenters. The van der Waals surface area contributed by atoms with E-state index in [1.165, 1.54) is 6.33 Å². The molecule has 2 heterocycles. The highest BCUT2D eigenvalue weighted by Gasteiger charge is 2.15. The summed E-state index contributed by atoms with van der Waals surface area (Å²) in [6.07, 6.45) is 5.05. The Bertz CT molecular complexity index is 539. The molecule has 0 spiro atoms. The lowest BCUT2D eigenvalue weighted by Crippen LogP contribution is -2.13. The zero-order valence-electron chi connectivity index (χ0n) is 11.5. The number of nitrogens with zero attached hydrogens (tertiary/aromatic N) is 3. The minimum absolute atomic E-state index is 0.134. The summed E-state index contributed by atoms with van der Waals surface area (Å²) in [4.78, 5) is 12.4. The van der Waals surface area contributed by atoms with Gasteiger partial charge in [0, 0.05) is 18.0 Å². The molecule has 0 aliphatic rings. The van der Waals surface area contributed by atoms with Crippen LogP contribution in [0.25, 0.3) is 0 Å². The Labute approximate surface area is 113 Å². The normalized spacial score (nSPS) is 12.4. The maximum atomic E-state index is 5.94. The van der Waals surface area contributed by atoms with Gasteiger partial charge < -0.3 is 11.1 Å². The third-order valence-corrected chi connectivity index (χ3v) is 3.05. The summed E-state index contributed by atoms with van der Waals surface area (Å²) in [7, 11) is 0. The molecule has 5 nitrogen and oxygen atoms in total. The topological polar surface area (TPSA) is 76.7 Å². The van der Waals surface area contributed by atoms with Crippen LogP contribution in [0.4, 0.5) is 11.6 Å². The zero-order valence-corrected chi connectivity index (χ0v) is 11.5. The van der Waals surface area contributed by atoms with Gasteiger partial charge in [-0.05, 0) is 30.5 Å². The predicted octanol–water partition coefficient (Wildman–Crippen LogP) is 2.75. The molecule has 0 aliphatic heterocycles. The minimum atomic E-state index is 0.134. The van der Waals surface area contributed by atoms with Crippen LogP contribution >= 0.6 is 0 Å². The van der Waals surface area contributed by atoms with E-state index in [0.29, 0.717) is 5.82 Å². The molecule has 3 N–H and O–H groups in total. The number of hydrogen-bond donors (Lipinski definition) is 2. The van der Waals surface area contributed by atoms with Crippen LogP contribution in [0.1, 0.15) is 43.9 Å². The summed E-state index contributed by atoms with van der Waals surface area (Å²) in [6.45, 7) is 6.24. The van der Waals surface area contributed by atoms with Gasteiger partial charge in [0.1, 0.15) is 18.0 Å². The highest BCUT2D eigenvalue weighted by atomic mass is 15.1. The number of nitrogens with two attached hydrogens (primary N) is 1. The molecule has 0 aromatic carbocycles. The van der Waals surface area contributed by atoms with Crippen LogP contribution in [-0.4, -0.2) is 15.0 Å². The van der Waals surface area contributed by atoms with Gasteiger partial charge in [-0.15, -0.1) is 0 Å². The van der Waals surface area contributed by atoms with Gasteiger partial charge in [0.05, 0.1) is 6.04 Å². The van der Waals surface area contributed by atoms with E-state index in [4.69, 9.17) is 5.73 Å². The van der Waals surface area contributed by atoms with Crippen molar-refractivity contribution in [2.24, 2.45) is 0 Å². The Kier molecular flexibility index (Phi) is 3.94. The van der Waals surface area contributed by atoms with E-state index < -0.39 is 0 Å². The number of pyridine rings is 1. The van der Waals surface area contributed by atoms with Crippen molar-refractivity contribution in [2.45, 2.75) is 32.7 Å². The second-order valence-electron chi connectivity index (χ2n) is 4.82. The standard InChI is InChI=1S/C14H19N5/c1-9(2)12-13(15)17-8-18-14(12)19-10(3)11-4-6-16-7-5-11/h4-10H,1-3H3,(H3,15,17,18,19). The first-order valence-corrected chi connectivity index (χ1v) is 6.36. The van der Waals surface area contributed by atoms with Crippen molar-refractivity contribution in [3.05, 3.63) is 42.0 Å². The number of aromatic nitrogens is 3. The number of anilines is 2. The fraction of sp³-hybridized carbons (Fsp3) is 0.357. The molecular weight excluding hydrogens is 238 g/mol. The largest absolute Gasteiger partial charge is 0.383 e. The van der Waals surface area contributed by atoms with Crippen molar-refractivity contribution in [3.8, 4) is 0 Å². The number of rotatable bonds is 4. The zero-order chi connectivity index (χ0) is 13.8. The van der Waals surface area contributed by atoms with Gasteiger partial charge in [-0.2, -0.15) is 0 Å². The van der Waals surface area contributed by atoms with Crippen LogP contribution in [0.15, 0.2) is 30.9 Å². The second-order valence-corrected chi connectivity index (χ2v) is 4.82. The summed E-state index contributed by atoms with van der Waals surface area (Å²) in [6, 6.07) is 4.10. The second kappa shape index (κ2) is 5.65. The molecule has 2 rings (SSSR count). The van der Waals surface area contributed by atoms with Crippen LogP contribution in [-0.2, 0) is 0 Å². The fourth-order valence-corrected chi connectivity index (χ4v) is 2.03. The summed E-state index contributed by atoms with van der Waals surface area (Å²) in [5.74, 6) is 1.61. The Hall–Kier alpha value is -2.17. The van der Waals surface area contributed by atoms with E-state index in [1.807, 2.05) is 12.1 Å². The van der Waals surface area contributed by atoms with Gasteiger partial charge in [0.2, 0.25) is 0 Å². The number of nitrogen functional groups attached to an aromatic ring is 1. The monoisotopic (exact) mass is 257 g/mol. The first kappa shape index (κ1) is 13.3. The molecular formula is C14H19N5. The highest BCUT2D eigenvalue weighted by Crippen LogP contribution is 2.28. The lowest BCUT2D eigenvalue weighted by molar-refractivity contribution is 0.821. The molecule has 0 aliphatic carbocycles. The van der Waals surface area contributed by atoms with Crippen LogP contribution < -0.4 is 11.1 Å². The van der Waals surface area contributed by atoms with E-state index in [1.54, 1.807) is 12.4 Å². The molecule has 100 valence electrons. The van der Waals surface area contributed by atoms with Crippen LogP contribution in [0.5, 0.6) is 0 Å². The van der Waals surface area contributed by atoms with Crippen molar-refractivity contribution in [1.82, 2.24) is 15.0 Å². The van der Waals surface area contributed by atoms with Gasteiger partial charge in [-0.25, -0.2) is 9.97 Å². The molecule has 0 radical (unpaired) electrons. The summed E-state index contributed by atoms with van der Waals surface area (Å²) < 4.78 is 0. The Morgan fingerprint density at radius 1 is 1.11 bits per heavy atom. The molecule has 0 bridgehead atoms. The molecule has 0 amide bonds. The van der Waals surface area contributed by atoms with Gasteiger partial charge in [-0.3, -0.25) is 4.98 Å². The maximum absolute atomic E-state index is 5.94. The molecule has 0 saturated carbocycles. The number of hydrogen-bond acceptors (Lipinski definition) is 5. The summed E-state index contributed by atoms with van der Waals surface area (Å²) in [5, 5.41) is 3.39. The van der Waals surface area contributed by atoms with Crippen LogP contribution in [0.2, 0.25) is 0 Å². The Morgan fingerprint density at radius 2 is 1.79 bits per heavy atom. The van der Waals surface area contributed by atoms with Gasteiger partial charge in [-0.1, -0.05) is 13.8 Å². The molecule has 0 fully saturated rings. The van der Waals surface area contributed by atoms with Crippen molar-refractivity contribution in [2.75, 3.05) is 11.1 Å². The molecule has 1 atom stereocenters.